The van der Waals surface area contributed by atoms with Crippen molar-refractivity contribution in [2.24, 2.45) is 5.73 Å². The van der Waals surface area contributed by atoms with Gasteiger partial charge in [-0.3, -0.25) is 0 Å². The molecule has 2 aromatic heterocycles. The van der Waals surface area contributed by atoms with Crippen LogP contribution in [0, 0.1) is 0 Å². The largest absolute Gasteiger partial charge is 0.358 e. The van der Waals surface area contributed by atoms with Gasteiger partial charge in [-0.05, 0) is 29.7 Å². The highest BCUT2D eigenvalue weighted by Gasteiger charge is 2.03. The van der Waals surface area contributed by atoms with Crippen LogP contribution in [0.4, 0.5) is 5.82 Å². The molecule has 0 aromatic carbocycles. The molecule has 2 rings (SSSR count). The van der Waals surface area contributed by atoms with E-state index in [0.717, 1.165) is 16.9 Å². The zero-order valence-corrected chi connectivity index (χ0v) is 9.57. The maximum atomic E-state index is 5.40. The number of anilines is 1. The second kappa shape index (κ2) is 4.45. The molecule has 0 radical (unpaired) electrons. The van der Waals surface area contributed by atoms with Crippen molar-refractivity contribution in [2.45, 2.75) is 19.8 Å². The predicted octanol–water partition coefficient (Wildman–Crippen LogP) is 2.08. The lowest BCUT2D eigenvalue weighted by Crippen LogP contribution is -2.11. The topological polar surface area (TPSA) is 63.8 Å². The van der Waals surface area contributed by atoms with Gasteiger partial charge in [-0.2, -0.15) is 0 Å². The Bertz CT molecular complexity index is 493. The Kier molecular flexibility index (Phi) is 3.01. The first kappa shape index (κ1) is 10.8. The van der Waals surface area contributed by atoms with Crippen molar-refractivity contribution in [2.75, 3.05) is 12.0 Å². The quantitative estimate of drug-likeness (QED) is 0.771. The molecule has 3 N–H and O–H groups in total. The average molecular weight is 216 g/mol. The smallest absolute Gasteiger partial charge is 0.161 e. The van der Waals surface area contributed by atoms with E-state index in [1.807, 2.05) is 18.3 Å². The Labute approximate surface area is 94.9 Å². The Morgan fingerprint density at radius 2 is 2.19 bits per heavy atom. The minimum Gasteiger partial charge on any atom is -0.358 e. The Balaban J connectivity index is 2.44. The molecule has 0 saturated carbocycles. The van der Waals surface area contributed by atoms with Crippen LogP contribution in [0.5, 0.6) is 0 Å². The second-order valence-corrected chi connectivity index (χ2v) is 4.05. The fraction of sp³-hybridized carbons (Fsp3) is 0.333. The van der Waals surface area contributed by atoms with Gasteiger partial charge in [0.05, 0.1) is 6.67 Å². The van der Waals surface area contributed by atoms with Crippen LogP contribution in [0.2, 0.25) is 0 Å². The van der Waals surface area contributed by atoms with Gasteiger partial charge < -0.3 is 11.1 Å². The lowest BCUT2D eigenvalue weighted by Gasteiger charge is -2.07. The molecule has 4 heteroatoms. The van der Waals surface area contributed by atoms with Crippen LogP contribution in [0.3, 0.4) is 0 Å². The van der Waals surface area contributed by atoms with Crippen molar-refractivity contribution in [3.8, 4) is 0 Å². The van der Waals surface area contributed by atoms with Crippen LogP contribution in [-0.4, -0.2) is 16.6 Å². The molecule has 0 amide bonds. The average Bonchev–Trinajstić information content (AvgIpc) is 2.28. The van der Waals surface area contributed by atoms with E-state index in [9.17, 15) is 0 Å². The van der Waals surface area contributed by atoms with Gasteiger partial charge in [-0.1, -0.05) is 13.8 Å². The van der Waals surface area contributed by atoms with Gasteiger partial charge in [0.15, 0.2) is 5.65 Å². The molecule has 0 bridgehead atoms. The van der Waals surface area contributed by atoms with Crippen molar-refractivity contribution in [1.82, 2.24) is 9.97 Å². The molecule has 0 aliphatic rings. The normalized spacial score (nSPS) is 11.0. The summed E-state index contributed by atoms with van der Waals surface area (Å²) in [4.78, 5) is 8.72. The van der Waals surface area contributed by atoms with E-state index in [-0.39, 0.29) is 0 Å². The van der Waals surface area contributed by atoms with Crippen LogP contribution in [0.25, 0.3) is 11.0 Å². The summed E-state index contributed by atoms with van der Waals surface area (Å²) in [5, 5.41) is 4.03. The number of nitrogens with two attached hydrogens (primary N) is 1. The van der Waals surface area contributed by atoms with E-state index >= 15 is 0 Å². The number of hydrogen-bond acceptors (Lipinski definition) is 4. The minimum absolute atomic E-state index is 0.378. The maximum Gasteiger partial charge on any atom is 0.161 e. The molecule has 0 spiro atoms. The van der Waals surface area contributed by atoms with Gasteiger partial charge in [0.1, 0.15) is 5.82 Å². The van der Waals surface area contributed by atoms with Crippen molar-refractivity contribution in [3.63, 3.8) is 0 Å². The molecule has 0 atom stereocenters. The van der Waals surface area contributed by atoms with E-state index in [4.69, 9.17) is 5.73 Å². The monoisotopic (exact) mass is 216 g/mol. The third-order valence-electron chi connectivity index (χ3n) is 2.51. The minimum atomic E-state index is 0.378. The summed E-state index contributed by atoms with van der Waals surface area (Å²) in [5.41, 5.74) is 7.38. The van der Waals surface area contributed by atoms with Crippen molar-refractivity contribution in [3.05, 3.63) is 30.0 Å². The zero-order chi connectivity index (χ0) is 11.5. The number of nitrogens with one attached hydrogen (secondary N) is 1. The number of aromatic nitrogens is 2. The van der Waals surface area contributed by atoms with Crippen molar-refractivity contribution in [1.29, 1.82) is 0 Å². The fourth-order valence-corrected chi connectivity index (χ4v) is 1.55. The highest BCUT2D eigenvalue weighted by Crippen LogP contribution is 2.19. The van der Waals surface area contributed by atoms with E-state index in [0.29, 0.717) is 12.6 Å². The van der Waals surface area contributed by atoms with Gasteiger partial charge in [0.2, 0.25) is 0 Å². The summed E-state index contributed by atoms with van der Waals surface area (Å²) >= 11 is 0. The molecule has 16 heavy (non-hydrogen) atoms. The number of hydrogen-bond donors (Lipinski definition) is 2. The molecular formula is C12H16N4. The standard InChI is InChI=1S/C12H16N4/c1-8(2)10-5-9-3-4-11(15-7-13)16-12(9)14-6-10/h3-6,8H,7,13H2,1-2H3,(H,14,15,16). The highest BCUT2D eigenvalue weighted by atomic mass is 15.0. The van der Waals surface area contributed by atoms with Gasteiger partial charge in [0.25, 0.3) is 0 Å². The van der Waals surface area contributed by atoms with Gasteiger partial charge in [0, 0.05) is 11.6 Å². The third kappa shape index (κ3) is 2.12. The second-order valence-electron chi connectivity index (χ2n) is 4.05. The molecule has 4 nitrogen and oxygen atoms in total. The summed E-state index contributed by atoms with van der Waals surface area (Å²) in [7, 11) is 0. The number of pyridine rings is 2. The predicted molar refractivity (Wildman–Crippen MR) is 66.3 cm³/mol. The molecular weight excluding hydrogens is 200 g/mol. The van der Waals surface area contributed by atoms with E-state index in [1.54, 1.807) is 0 Å². The molecule has 2 heterocycles. The SMILES string of the molecule is CC(C)c1cnc2nc(NCN)ccc2c1. The molecule has 0 aliphatic carbocycles. The first-order valence-corrected chi connectivity index (χ1v) is 5.41. The van der Waals surface area contributed by atoms with Gasteiger partial charge in [-0.25, -0.2) is 9.97 Å². The van der Waals surface area contributed by atoms with E-state index < -0.39 is 0 Å². The van der Waals surface area contributed by atoms with Crippen molar-refractivity contribution >= 4 is 16.9 Å². The Morgan fingerprint density at radius 1 is 1.38 bits per heavy atom. The molecule has 84 valence electrons. The van der Waals surface area contributed by atoms with Crippen molar-refractivity contribution < 1.29 is 0 Å². The summed E-state index contributed by atoms with van der Waals surface area (Å²) in [6.07, 6.45) is 1.88. The number of nitrogens with zero attached hydrogens (tertiary/aromatic N) is 2. The zero-order valence-electron chi connectivity index (χ0n) is 9.57. The highest BCUT2D eigenvalue weighted by molar-refractivity contribution is 5.77. The first-order valence-electron chi connectivity index (χ1n) is 5.41. The van der Waals surface area contributed by atoms with Crippen LogP contribution in [-0.2, 0) is 0 Å². The summed E-state index contributed by atoms with van der Waals surface area (Å²) < 4.78 is 0. The molecule has 0 fully saturated rings. The van der Waals surface area contributed by atoms with Crippen LogP contribution >= 0.6 is 0 Å². The van der Waals surface area contributed by atoms with E-state index in [1.165, 1.54) is 5.56 Å². The van der Waals surface area contributed by atoms with Crippen LogP contribution in [0.15, 0.2) is 24.4 Å². The molecule has 0 saturated heterocycles. The molecule has 0 aliphatic heterocycles. The van der Waals surface area contributed by atoms with E-state index in [2.05, 4.69) is 35.2 Å². The third-order valence-corrected chi connectivity index (χ3v) is 2.51. The van der Waals surface area contributed by atoms with Crippen LogP contribution in [0.1, 0.15) is 25.3 Å². The molecule has 2 aromatic rings. The Hall–Kier alpha value is -1.68. The molecule has 0 unspecified atom stereocenters. The van der Waals surface area contributed by atoms with Gasteiger partial charge in [-0.15, -0.1) is 0 Å². The first-order chi connectivity index (χ1) is 7.70. The fourth-order valence-electron chi connectivity index (χ4n) is 1.55. The lowest BCUT2D eigenvalue weighted by molar-refractivity contribution is 0.861. The maximum absolute atomic E-state index is 5.40. The number of rotatable bonds is 3. The van der Waals surface area contributed by atoms with Gasteiger partial charge >= 0.3 is 0 Å². The summed E-state index contributed by atoms with van der Waals surface area (Å²) in [6.45, 7) is 4.68. The summed E-state index contributed by atoms with van der Waals surface area (Å²) in [6, 6.07) is 6.06. The van der Waals surface area contributed by atoms with Crippen LogP contribution < -0.4 is 11.1 Å². The number of fused-ring (bicyclic) bond motifs is 1. The summed E-state index contributed by atoms with van der Waals surface area (Å²) in [5.74, 6) is 1.25. The lowest BCUT2D eigenvalue weighted by atomic mass is 10.0. The Morgan fingerprint density at radius 3 is 2.88 bits per heavy atom.